The molecular weight excluding hydrogens is 268 g/mol. The summed E-state index contributed by atoms with van der Waals surface area (Å²) < 4.78 is 5.82. The molecule has 0 atom stereocenters. The van der Waals surface area contributed by atoms with Crippen LogP contribution in [-0.2, 0) is 4.74 Å². The Morgan fingerprint density at radius 1 is 1.25 bits per heavy atom. The molecule has 2 nitrogen and oxygen atoms in total. The minimum atomic E-state index is -0.286. The van der Waals surface area contributed by atoms with Crippen molar-refractivity contribution >= 4 is 32.7 Å². The maximum absolute atomic E-state index is 11.8. The molecule has 0 spiro atoms. The van der Waals surface area contributed by atoms with Crippen LogP contribution in [0.5, 0.6) is 0 Å². The van der Waals surface area contributed by atoms with Gasteiger partial charge in [0.25, 0.3) is 0 Å². The molecule has 3 heteroatoms. The molecule has 0 aliphatic rings. The zero-order valence-corrected chi connectivity index (χ0v) is 10.5. The van der Waals surface area contributed by atoms with E-state index in [9.17, 15) is 4.79 Å². The van der Waals surface area contributed by atoms with E-state index in [1.54, 1.807) is 6.92 Å². The lowest BCUT2D eigenvalue weighted by atomic mass is 10.0. The molecule has 0 bridgehead atoms. The van der Waals surface area contributed by atoms with E-state index >= 15 is 0 Å². The molecule has 0 aromatic heterocycles. The van der Waals surface area contributed by atoms with E-state index in [0.717, 1.165) is 15.2 Å². The lowest BCUT2D eigenvalue weighted by molar-refractivity contribution is 0.0527. The molecule has 0 aliphatic heterocycles. The summed E-state index contributed by atoms with van der Waals surface area (Å²) in [5, 5.41) is 1.95. The Hall–Kier alpha value is -1.35. The SMILES string of the molecule is CCOC(=O)c1c(Br)ccc2ccccc12. The number of hydrogen-bond donors (Lipinski definition) is 0. The molecule has 0 fully saturated rings. The highest BCUT2D eigenvalue weighted by Crippen LogP contribution is 2.27. The molecule has 0 saturated carbocycles. The standard InChI is InChI=1S/C13H11BrO2/c1-2-16-13(15)12-10-6-4-3-5-9(10)7-8-11(12)14/h3-8H,2H2,1H3. The summed E-state index contributed by atoms with van der Waals surface area (Å²) in [4.78, 5) is 11.8. The predicted molar refractivity (Wildman–Crippen MR) is 67.6 cm³/mol. The van der Waals surface area contributed by atoms with Gasteiger partial charge in [-0.25, -0.2) is 4.79 Å². The van der Waals surface area contributed by atoms with Gasteiger partial charge in [0.2, 0.25) is 0 Å². The second-order valence-electron chi connectivity index (χ2n) is 3.36. The van der Waals surface area contributed by atoms with Gasteiger partial charge in [0, 0.05) is 4.47 Å². The smallest absolute Gasteiger partial charge is 0.339 e. The summed E-state index contributed by atoms with van der Waals surface area (Å²) in [6, 6.07) is 11.6. The van der Waals surface area contributed by atoms with E-state index in [1.165, 1.54) is 0 Å². The molecule has 82 valence electrons. The van der Waals surface area contributed by atoms with Crippen LogP contribution in [0.3, 0.4) is 0 Å². The summed E-state index contributed by atoms with van der Waals surface area (Å²) in [6.07, 6.45) is 0. The molecule has 0 radical (unpaired) electrons. The van der Waals surface area contributed by atoms with Gasteiger partial charge in [-0.15, -0.1) is 0 Å². The number of carbonyl (C=O) groups excluding carboxylic acids is 1. The molecule has 0 saturated heterocycles. The highest BCUT2D eigenvalue weighted by Gasteiger charge is 2.14. The average molecular weight is 279 g/mol. The third-order valence-electron chi connectivity index (χ3n) is 2.36. The predicted octanol–water partition coefficient (Wildman–Crippen LogP) is 3.78. The van der Waals surface area contributed by atoms with Crippen LogP contribution >= 0.6 is 15.9 Å². The van der Waals surface area contributed by atoms with Gasteiger partial charge < -0.3 is 4.74 Å². The Bertz CT molecular complexity index is 534. The van der Waals surface area contributed by atoms with Crippen molar-refractivity contribution in [3.05, 3.63) is 46.4 Å². The molecule has 0 heterocycles. The number of rotatable bonds is 2. The molecule has 2 aromatic rings. The number of benzene rings is 2. The number of carbonyl (C=O) groups is 1. The fourth-order valence-corrected chi connectivity index (χ4v) is 2.16. The van der Waals surface area contributed by atoms with Crippen LogP contribution in [-0.4, -0.2) is 12.6 Å². The topological polar surface area (TPSA) is 26.3 Å². The second kappa shape index (κ2) is 4.66. The van der Waals surface area contributed by atoms with Gasteiger partial charge in [-0.1, -0.05) is 30.3 Å². The number of esters is 1. The van der Waals surface area contributed by atoms with Crippen molar-refractivity contribution < 1.29 is 9.53 Å². The van der Waals surface area contributed by atoms with Crippen molar-refractivity contribution in [2.45, 2.75) is 6.92 Å². The van der Waals surface area contributed by atoms with Crippen LogP contribution in [0, 0.1) is 0 Å². The fraction of sp³-hybridized carbons (Fsp3) is 0.154. The van der Waals surface area contributed by atoms with E-state index in [1.807, 2.05) is 36.4 Å². The van der Waals surface area contributed by atoms with Crippen LogP contribution in [0.1, 0.15) is 17.3 Å². The van der Waals surface area contributed by atoms with E-state index in [0.29, 0.717) is 12.2 Å². The van der Waals surface area contributed by atoms with Crippen LogP contribution < -0.4 is 0 Å². The lowest BCUT2D eigenvalue weighted by Gasteiger charge is -2.08. The van der Waals surface area contributed by atoms with Crippen molar-refractivity contribution in [2.75, 3.05) is 6.61 Å². The average Bonchev–Trinajstić information content (AvgIpc) is 2.29. The monoisotopic (exact) mass is 278 g/mol. The zero-order chi connectivity index (χ0) is 11.5. The van der Waals surface area contributed by atoms with Crippen LogP contribution in [0.15, 0.2) is 40.9 Å². The normalized spacial score (nSPS) is 10.4. The summed E-state index contributed by atoms with van der Waals surface area (Å²) in [5.41, 5.74) is 0.597. The van der Waals surface area contributed by atoms with Crippen molar-refractivity contribution in [3.63, 3.8) is 0 Å². The second-order valence-corrected chi connectivity index (χ2v) is 4.22. The van der Waals surface area contributed by atoms with Crippen molar-refractivity contribution in [1.82, 2.24) is 0 Å². The molecule has 0 N–H and O–H groups in total. The highest BCUT2D eigenvalue weighted by molar-refractivity contribution is 9.10. The van der Waals surface area contributed by atoms with Gasteiger partial charge in [-0.2, -0.15) is 0 Å². The summed E-state index contributed by atoms with van der Waals surface area (Å²) in [6.45, 7) is 2.19. The fourth-order valence-electron chi connectivity index (χ4n) is 1.66. The van der Waals surface area contributed by atoms with Crippen LogP contribution in [0.25, 0.3) is 10.8 Å². The summed E-state index contributed by atoms with van der Waals surface area (Å²) in [7, 11) is 0. The molecule has 0 amide bonds. The van der Waals surface area contributed by atoms with Crippen molar-refractivity contribution in [1.29, 1.82) is 0 Å². The Morgan fingerprint density at radius 3 is 2.75 bits per heavy atom. The molecule has 2 rings (SSSR count). The largest absolute Gasteiger partial charge is 0.462 e. The number of ether oxygens (including phenoxy) is 1. The molecule has 0 unspecified atom stereocenters. The first-order valence-electron chi connectivity index (χ1n) is 5.08. The van der Waals surface area contributed by atoms with E-state index in [2.05, 4.69) is 15.9 Å². The van der Waals surface area contributed by atoms with E-state index in [4.69, 9.17) is 4.74 Å². The quantitative estimate of drug-likeness (QED) is 0.782. The summed E-state index contributed by atoms with van der Waals surface area (Å²) >= 11 is 3.39. The zero-order valence-electron chi connectivity index (χ0n) is 8.87. The minimum absolute atomic E-state index is 0.286. The molecule has 0 aliphatic carbocycles. The van der Waals surface area contributed by atoms with Crippen LogP contribution in [0.2, 0.25) is 0 Å². The highest BCUT2D eigenvalue weighted by atomic mass is 79.9. The third kappa shape index (κ3) is 1.95. The lowest BCUT2D eigenvalue weighted by Crippen LogP contribution is -2.06. The number of hydrogen-bond acceptors (Lipinski definition) is 2. The van der Waals surface area contributed by atoms with Crippen LogP contribution in [0.4, 0.5) is 0 Å². The van der Waals surface area contributed by atoms with Gasteiger partial charge in [0.1, 0.15) is 0 Å². The Kier molecular flexibility index (Phi) is 3.25. The van der Waals surface area contributed by atoms with E-state index in [-0.39, 0.29) is 5.97 Å². The molecule has 2 aromatic carbocycles. The van der Waals surface area contributed by atoms with E-state index < -0.39 is 0 Å². The Morgan fingerprint density at radius 2 is 2.00 bits per heavy atom. The van der Waals surface area contributed by atoms with Gasteiger partial charge in [-0.3, -0.25) is 0 Å². The number of fused-ring (bicyclic) bond motifs is 1. The maximum Gasteiger partial charge on any atom is 0.339 e. The van der Waals surface area contributed by atoms with Gasteiger partial charge >= 0.3 is 5.97 Å². The molecular formula is C13H11BrO2. The summed E-state index contributed by atoms with van der Waals surface area (Å²) in [5.74, 6) is -0.286. The number of halogens is 1. The first-order chi connectivity index (χ1) is 7.74. The Labute approximate surface area is 102 Å². The van der Waals surface area contributed by atoms with Gasteiger partial charge in [0.05, 0.1) is 12.2 Å². The van der Waals surface area contributed by atoms with Crippen molar-refractivity contribution in [2.24, 2.45) is 0 Å². The first kappa shape index (κ1) is 11.1. The Balaban J connectivity index is 2.66. The first-order valence-corrected chi connectivity index (χ1v) is 5.87. The third-order valence-corrected chi connectivity index (χ3v) is 3.02. The maximum atomic E-state index is 11.8. The van der Waals surface area contributed by atoms with Gasteiger partial charge in [-0.05, 0) is 39.7 Å². The van der Waals surface area contributed by atoms with Gasteiger partial charge in [0.15, 0.2) is 0 Å². The minimum Gasteiger partial charge on any atom is -0.462 e. The van der Waals surface area contributed by atoms with Crippen molar-refractivity contribution in [3.8, 4) is 0 Å². The molecule has 16 heavy (non-hydrogen) atoms.